The third-order valence-electron chi connectivity index (χ3n) is 12.4. The van der Waals surface area contributed by atoms with Crippen LogP contribution < -0.4 is 24.8 Å². The molecule has 1 heterocycles. The summed E-state index contributed by atoms with van der Waals surface area (Å²) >= 11 is 0. The van der Waals surface area contributed by atoms with Crippen LogP contribution in [-0.4, -0.2) is 80.1 Å². The van der Waals surface area contributed by atoms with Crippen molar-refractivity contribution < 1.29 is 55.8 Å². The van der Waals surface area contributed by atoms with Crippen molar-refractivity contribution in [3.63, 3.8) is 0 Å². The van der Waals surface area contributed by atoms with Gasteiger partial charge in [-0.2, -0.15) is 0 Å². The van der Waals surface area contributed by atoms with Crippen LogP contribution in [0.5, 0.6) is 17.4 Å². The summed E-state index contributed by atoms with van der Waals surface area (Å²) in [5.41, 5.74) is -1.85. The van der Waals surface area contributed by atoms with E-state index in [9.17, 15) is 23.1 Å². The Kier molecular flexibility index (Phi) is 12.8. The first-order chi connectivity index (χ1) is 30.2. The lowest BCUT2D eigenvalue weighted by Gasteiger charge is -2.54. The number of amides is 1. The SMILES string of the molecule is C=CCN[C@@H]1c2onc(OCc3ccccc3)c2C(=O)[C@@]2(O[Si](C)(C)C(C)(C)C)C(=O)C3=C(O)c4c(c(OC(F)(F)F)cc(NC(=O)CN(C)C)c4OCc4ccccc4)C[C@H]3C[C@@H]12. The van der Waals surface area contributed by atoms with E-state index in [1.54, 1.807) is 55.4 Å². The molecular formula is C47H53F3N4O9Si. The Morgan fingerprint density at radius 3 is 2.20 bits per heavy atom. The molecule has 0 radical (unpaired) electrons. The van der Waals surface area contributed by atoms with Gasteiger partial charge in [0.15, 0.2) is 25.4 Å². The lowest BCUT2D eigenvalue weighted by molar-refractivity contribution is -0.275. The van der Waals surface area contributed by atoms with Gasteiger partial charge >= 0.3 is 6.36 Å². The van der Waals surface area contributed by atoms with Crippen LogP contribution in [0.3, 0.4) is 0 Å². The maximum absolute atomic E-state index is 16.0. The van der Waals surface area contributed by atoms with E-state index in [4.69, 9.17) is 18.4 Å². The van der Waals surface area contributed by atoms with E-state index in [0.717, 1.165) is 11.6 Å². The fourth-order valence-electron chi connectivity index (χ4n) is 8.52. The molecule has 3 aliphatic rings. The first kappa shape index (κ1) is 46.2. The molecule has 1 fully saturated rings. The summed E-state index contributed by atoms with van der Waals surface area (Å²) in [6, 6.07) is 18.2. The van der Waals surface area contributed by atoms with Gasteiger partial charge in [-0.3, -0.25) is 14.4 Å². The largest absolute Gasteiger partial charge is 0.573 e. The second-order valence-electron chi connectivity index (χ2n) is 18.2. The van der Waals surface area contributed by atoms with Crippen molar-refractivity contribution in [2.24, 2.45) is 11.8 Å². The van der Waals surface area contributed by atoms with E-state index in [-0.39, 0.29) is 84.5 Å². The molecule has 3 aromatic carbocycles. The van der Waals surface area contributed by atoms with Crippen LogP contribution in [0.2, 0.25) is 18.1 Å². The molecule has 1 aromatic heterocycles. The number of aliphatic hydroxyl groups excluding tert-OH is 1. The lowest BCUT2D eigenvalue weighted by atomic mass is 9.57. The zero-order chi connectivity index (χ0) is 46.4. The summed E-state index contributed by atoms with van der Waals surface area (Å²) in [7, 11) is 0.144. The smallest absolute Gasteiger partial charge is 0.507 e. The van der Waals surface area contributed by atoms with Gasteiger partial charge in [-0.15, -0.1) is 19.8 Å². The monoisotopic (exact) mass is 902 g/mol. The van der Waals surface area contributed by atoms with Crippen LogP contribution in [0.15, 0.2) is 89.5 Å². The number of Topliss-reactive ketones (excluding diaryl/α,β-unsaturated/α-hetero) is 2. The number of benzene rings is 3. The van der Waals surface area contributed by atoms with Gasteiger partial charge in [-0.05, 0) is 67.3 Å². The molecule has 17 heteroatoms. The summed E-state index contributed by atoms with van der Waals surface area (Å²) in [5.74, 6) is -5.94. The molecule has 0 unspecified atom stereocenters. The predicted octanol–water partition coefficient (Wildman–Crippen LogP) is 8.74. The highest BCUT2D eigenvalue weighted by Gasteiger charge is 2.68. The van der Waals surface area contributed by atoms with Crippen LogP contribution in [0.4, 0.5) is 18.9 Å². The number of aliphatic hydroxyl groups is 1. The Balaban J connectivity index is 1.47. The number of carbonyl (C=O) groups excluding carboxylic acids is 3. The van der Waals surface area contributed by atoms with E-state index in [2.05, 4.69) is 27.1 Å². The van der Waals surface area contributed by atoms with Gasteiger partial charge in [0.2, 0.25) is 17.5 Å². The van der Waals surface area contributed by atoms with Crippen LogP contribution in [0.1, 0.15) is 71.6 Å². The molecule has 1 amide bonds. The fourth-order valence-corrected chi connectivity index (χ4v) is 9.97. The maximum Gasteiger partial charge on any atom is 0.573 e. The number of alkyl halides is 3. The second-order valence-corrected chi connectivity index (χ2v) is 22.9. The Hall–Kier alpha value is -5.75. The van der Waals surface area contributed by atoms with Crippen molar-refractivity contribution in [1.29, 1.82) is 0 Å². The number of likely N-dealkylation sites (N-methyl/N-ethyl adjacent to an activating group) is 1. The molecule has 0 spiro atoms. The fraction of sp³-hybridized carbons (Fsp3) is 0.404. The van der Waals surface area contributed by atoms with Crippen LogP contribution >= 0.6 is 0 Å². The summed E-state index contributed by atoms with van der Waals surface area (Å²) in [6.45, 7) is 13.4. The van der Waals surface area contributed by atoms with E-state index >= 15 is 9.59 Å². The Bertz CT molecular complexity index is 2470. The molecule has 1 saturated carbocycles. The molecule has 0 aliphatic heterocycles. The summed E-state index contributed by atoms with van der Waals surface area (Å²) in [4.78, 5) is 46.5. The zero-order valence-electron chi connectivity index (χ0n) is 36.9. The van der Waals surface area contributed by atoms with Crippen molar-refractivity contribution in [2.45, 2.75) is 83.0 Å². The molecule has 7 rings (SSSR count). The molecule has 0 bridgehead atoms. The Labute approximate surface area is 370 Å². The number of nitrogens with one attached hydrogen (secondary N) is 2. The number of aromatic nitrogens is 1. The van der Waals surface area contributed by atoms with Crippen molar-refractivity contribution >= 4 is 37.2 Å². The van der Waals surface area contributed by atoms with E-state index in [0.29, 0.717) is 5.56 Å². The second kappa shape index (κ2) is 17.7. The first-order valence-corrected chi connectivity index (χ1v) is 23.9. The number of ketones is 2. The third-order valence-corrected chi connectivity index (χ3v) is 16.8. The minimum atomic E-state index is -5.20. The summed E-state index contributed by atoms with van der Waals surface area (Å²) < 4.78 is 73.1. The van der Waals surface area contributed by atoms with Crippen LogP contribution in [0.25, 0.3) is 5.76 Å². The van der Waals surface area contributed by atoms with E-state index < -0.39 is 72.2 Å². The summed E-state index contributed by atoms with van der Waals surface area (Å²) in [6.07, 6.45) is -3.91. The van der Waals surface area contributed by atoms with Gasteiger partial charge in [0.25, 0.3) is 5.88 Å². The number of halogens is 3. The minimum absolute atomic E-state index is 0.0115. The number of anilines is 1. The maximum atomic E-state index is 16.0. The van der Waals surface area contributed by atoms with Gasteiger partial charge in [-0.25, -0.2) is 0 Å². The number of ether oxygens (including phenoxy) is 3. The standard InChI is InChI=1S/C47H53F3N4O9Si/c1-9-20-51-38-31-22-29-21-30-33(61-47(48,49)50)23-32(52-34(55)24-54(5)6)40(59-25-27-16-12-10-13-17-27)36(30)39(56)35(29)42(57)46(31,63-64(7,8)45(2,3)4)43(58)37-41(38)62-53-44(37)60-26-28-18-14-11-15-19-28/h9-19,23,29,31,38,51,56H,1,20-22,24-26H2,2-8H3,(H,52,55)/t29-,31-,38-,46-/m0/s1. The number of fused-ring (bicyclic) bond motifs is 4. The number of carbonyl (C=O) groups is 3. The molecule has 3 aliphatic carbocycles. The highest BCUT2D eigenvalue weighted by molar-refractivity contribution is 6.74. The molecule has 4 atom stereocenters. The van der Waals surface area contributed by atoms with Crippen molar-refractivity contribution in [1.82, 2.24) is 15.4 Å². The molecule has 64 heavy (non-hydrogen) atoms. The molecule has 3 N–H and O–H groups in total. The van der Waals surface area contributed by atoms with Crippen molar-refractivity contribution in [3.8, 4) is 17.4 Å². The number of hydrogen-bond donors (Lipinski definition) is 3. The van der Waals surface area contributed by atoms with Crippen LogP contribution in [0, 0.1) is 11.8 Å². The molecule has 13 nitrogen and oxygen atoms in total. The number of rotatable bonds is 15. The highest BCUT2D eigenvalue weighted by Crippen LogP contribution is 2.59. The van der Waals surface area contributed by atoms with E-state index in [1.807, 2.05) is 64.2 Å². The minimum Gasteiger partial charge on any atom is -0.507 e. The molecule has 4 aromatic rings. The normalized spacial score (nSPS) is 20.8. The quantitative estimate of drug-likeness (QED) is 0.0592. The van der Waals surface area contributed by atoms with Crippen molar-refractivity contribution in [2.75, 3.05) is 32.5 Å². The molecule has 0 saturated heterocycles. The average molecular weight is 903 g/mol. The Morgan fingerprint density at radius 1 is 1.00 bits per heavy atom. The van der Waals surface area contributed by atoms with Gasteiger partial charge < -0.3 is 43.8 Å². The molecule has 340 valence electrons. The van der Waals surface area contributed by atoms with Crippen LogP contribution in [-0.2, 0) is 33.6 Å². The van der Waals surface area contributed by atoms with Gasteiger partial charge in [0.05, 0.1) is 23.8 Å². The van der Waals surface area contributed by atoms with E-state index in [1.165, 1.54) is 0 Å². The van der Waals surface area contributed by atoms with Crippen molar-refractivity contribution in [3.05, 3.63) is 119 Å². The summed E-state index contributed by atoms with van der Waals surface area (Å²) in [5, 5.41) is 22.3. The lowest BCUT2D eigenvalue weighted by Crippen LogP contribution is -2.68. The average Bonchev–Trinajstić information content (AvgIpc) is 3.64. The highest BCUT2D eigenvalue weighted by atomic mass is 28.4. The first-order valence-electron chi connectivity index (χ1n) is 21.0. The molecular weight excluding hydrogens is 850 g/mol. The zero-order valence-corrected chi connectivity index (χ0v) is 37.9. The topological polar surface area (TPSA) is 162 Å². The predicted molar refractivity (Wildman–Crippen MR) is 235 cm³/mol. The van der Waals surface area contributed by atoms with Gasteiger partial charge in [0, 0.05) is 29.7 Å². The van der Waals surface area contributed by atoms with Gasteiger partial charge in [0.1, 0.15) is 30.3 Å². The Morgan fingerprint density at radius 2 is 1.62 bits per heavy atom. The number of hydrogen-bond acceptors (Lipinski definition) is 12. The van der Waals surface area contributed by atoms with Gasteiger partial charge in [-0.1, -0.05) is 87.5 Å². The third kappa shape index (κ3) is 8.85. The number of nitrogens with zero attached hydrogens (tertiary/aromatic N) is 2.